The number of hydrogen-bond acceptors (Lipinski definition) is 4. The fourth-order valence-electron chi connectivity index (χ4n) is 13.3. The van der Waals surface area contributed by atoms with Crippen molar-refractivity contribution in [3.63, 3.8) is 0 Å². The minimum absolute atomic E-state index is 0.561. The van der Waals surface area contributed by atoms with Gasteiger partial charge in [-0.25, -0.2) is 0 Å². The lowest BCUT2D eigenvalue weighted by molar-refractivity contribution is 0.426. The van der Waals surface area contributed by atoms with E-state index in [1.807, 2.05) is 86.6 Å². The molecule has 18 aromatic rings. The smallest absolute Gasteiger partial charge is 0.455 e. The van der Waals surface area contributed by atoms with Crippen molar-refractivity contribution in [2.45, 2.75) is 13.8 Å². The fraction of sp³-hybridized carbons (Fsp3) is 0.0244. The summed E-state index contributed by atoms with van der Waals surface area (Å²) < 4.78 is 13.5. The molecule has 0 fully saturated rings. The summed E-state index contributed by atoms with van der Waals surface area (Å²) in [5.74, 6) is 0. The van der Waals surface area contributed by atoms with Gasteiger partial charge in [0.2, 0.25) is 0 Å². The summed E-state index contributed by atoms with van der Waals surface area (Å²) in [6.07, 6.45) is 0. The number of fused-ring (bicyclic) bond motifs is 16. The van der Waals surface area contributed by atoms with Gasteiger partial charge in [-0.15, -0.1) is 0 Å². The Morgan fingerprint density at radius 1 is 0.261 bits per heavy atom. The minimum Gasteiger partial charge on any atom is -0.455 e. The Labute approximate surface area is 517 Å². The molecule has 0 radical (unpaired) electrons. The van der Waals surface area contributed by atoms with Crippen LogP contribution in [-0.4, -0.2) is 17.2 Å². The van der Waals surface area contributed by atoms with Crippen molar-refractivity contribution >= 4 is 159 Å². The Kier molecular flexibility index (Phi) is 14.1. The molecule has 418 valence electrons. The van der Waals surface area contributed by atoms with E-state index in [1.54, 1.807) is 0 Å². The molecule has 0 aliphatic heterocycles. The monoisotopic (exact) mass is 1190 g/mol. The van der Waals surface area contributed by atoms with E-state index < -0.39 is 7.12 Å². The van der Waals surface area contributed by atoms with Crippen LogP contribution >= 0.6 is 15.9 Å². The number of benzene rings is 16. The molecule has 0 aliphatic carbocycles. The summed E-state index contributed by atoms with van der Waals surface area (Å²) in [7, 11) is -1.52. The van der Waals surface area contributed by atoms with Crippen LogP contribution in [-0.2, 0) is 0 Å². The lowest BCUT2D eigenvalue weighted by atomic mass is 9.72. The predicted molar refractivity (Wildman–Crippen MR) is 379 cm³/mol. The number of hydrogen-bond donors (Lipinski definition) is 2. The van der Waals surface area contributed by atoms with Crippen molar-refractivity contribution in [1.82, 2.24) is 0 Å². The Morgan fingerprint density at radius 2 is 0.568 bits per heavy atom. The second-order valence-electron chi connectivity index (χ2n) is 22.1. The van der Waals surface area contributed by atoms with Gasteiger partial charge in [0, 0.05) is 36.8 Å². The normalized spacial score (nSPS) is 11.5. The molecule has 4 nitrogen and oxygen atoms in total. The largest absolute Gasteiger partial charge is 0.489 e. The minimum atomic E-state index is -1.52. The molecule has 2 N–H and O–H groups in total. The van der Waals surface area contributed by atoms with Gasteiger partial charge in [0.05, 0.1) is 0 Å². The molecule has 18 rings (SSSR count). The first-order valence-corrected chi connectivity index (χ1v) is 30.7. The maximum atomic E-state index is 10.1. The van der Waals surface area contributed by atoms with Crippen LogP contribution < -0.4 is 5.46 Å². The van der Waals surface area contributed by atoms with Crippen molar-refractivity contribution in [3.05, 3.63) is 296 Å². The fourth-order valence-corrected chi connectivity index (χ4v) is 13.7. The second-order valence-corrected chi connectivity index (χ2v) is 23.0. The quantitative estimate of drug-likeness (QED) is 0.136. The summed E-state index contributed by atoms with van der Waals surface area (Å²) in [5, 5.41) is 43.2. The SMILES string of the molecule is Brc1ccc2oc3c4ccccc4ccc3c2c1.CC.OB(O)c1c2ccccc2c(-c2ccc3ccccc3c2)c2ccccc12.c1ccc2cc(-c3c4ccccc4c(-c4ccc5oc6c7ccccc7ccc6c5c4)c4ccccc34)ccc2c1. The van der Waals surface area contributed by atoms with Crippen LogP contribution in [0.25, 0.3) is 163 Å². The van der Waals surface area contributed by atoms with E-state index >= 15 is 0 Å². The van der Waals surface area contributed by atoms with Crippen molar-refractivity contribution in [2.75, 3.05) is 0 Å². The van der Waals surface area contributed by atoms with E-state index in [0.717, 1.165) is 81.0 Å². The van der Waals surface area contributed by atoms with Crippen molar-refractivity contribution in [3.8, 4) is 33.4 Å². The van der Waals surface area contributed by atoms with Crippen LogP contribution in [0.15, 0.2) is 304 Å². The molecule has 88 heavy (non-hydrogen) atoms. The summed E-state index contributed by atoms with van der Waals surface area (Å²) in [6, 6.07) is 102. The average Bonchev–Trinajstić information content (AvgIpc) is 1.66. The molecule has 16 aromatic carbocycles. The molecule has 0 spiro atoms. The van der Waals surface area contributed by atoms with E-state index in [9.17, 15) is 10.0 Å². The van der Waals surface area contributed by atoms with Gasteiger partial charge < -0.3 is 18.9 Å². The Bertz CT molecular complexity index is 5630. The average molecular weight is 1200 g/mol. The highest BCUT2D eigenvalue weighted by Crippen LogP contribution is 2.46. The van der Waals surface area contributed by atoms with Crippen molar-refractivity contribution < 1.29 is 18.9 Å². The molecule has 2 heterocycles. The van der Waals surface area contributed by atoms with E-state index in [-0.39, 0.29) is 0 Å². The molecule has 0 saturated carbocycles. The highest BCUT2D eigenvalue weighted by Gasteiger charge is 2.23. The van der Waals surface area contributed by atoms with Gasteiger partial charge in [-0.3, -0.25) is 0 Å². The van der Waals surface area contributed by atoms with Gasteiger partial charge in [-0.05, 0) is 169 Å². The molecule has 0 unspecified atom stereocenters. The first-order valence-electron chi connectivity index (χ1n) is 30.0. The zero-order chi connectivity index (χ0) is 59.4. The van der Waals surface area contributed by atoms with E-state index in [2.05, 4.69) is 234 Å². The molecule has 2 aromatic heterocycles. The van der Waals surface area contributed by atoms with Gasteiger partial charge in [-0.2, -0.15) is 0 Å². The van der Waals surface area contributed by atoms with E-state index in [0.29, 0.717) is 5.46 Å². The first kappa shape index (κ1) is 54.3. The Hall–Kier alpha value is -10.3. The van der Waals surface area contributed by atoms with Crippen LogP contribution in [0, 0.1) is 0 Å². The highest BCUT2D eigenvalue weighted by atomic mass is 79.9. The molecular weight excluding hydrogens is 1140 g/mol. The molecule has 0 amide bonds. The molecule has 0 bridgehead atoms. The summed E-state index contributed by atoms with van der Waals surface area (Å²) in [4.78, 5) is 0. The standard InChI is InChI=1S/C40H24O.C24H17BO2.C16H9BrO.C2H6/c1-2-11-27-23-28(18-17-25(27)9-1)38-31-13-5-7-15-33(31)39(34-16-8-6-14-32(34)38)29-20-22-37-36(24-29)35-21-19-26-10-3-4-12-30(26)40(35)41-37;26-25(27)24-21-11-5-3-9-19(21)23(20-10-4-6-12-22(20)24)18-14-13-16-7-1-2-8-17(16)15-18;17-11-6-8-15-14(9-11)13-7-5-10-3-1-2-4-12(10)16(13)18-15;1-2/h1-24H;1-15,26-27H;1-9H;1-2H3. The Balaban J connectivity index is 0.000000119. The topological polar surface area (TPSA) is 66.7 Å². The third-order valence-electron chi connectivity index (χ3n) is 17.2. The lowest BCUT2D eigenvalue weighted by Gasteiger charge is -2.18. The van der Waals surface area contributed by atoms with E-state index in [1.165, 1.54) is 86.9 Å². The maximum absolute atomic E-state index is 10.1. The molecule has 0 saturated heterocycles. The van der Waals surface area contributed by atoms with Crippen LogP contribution in [0.4, 0.5) is 0 Å². The third kappa shape index (κ3) is 9.42. The molecule has 0 atom stereocenters. The first-order chi connectivity index (χ1) is 43.4. The summed E-state index contributed by atoms with van der Waals surface area (Å²) in [6.45, 7) is 4.00. The van der Waals surface area contributed by atoms with Crippen LogP contribution in [0.1, 0.15) is 13.8 Å². The van der Waals surface area contributed by atoms with Crippen molar-refractivity contribution in [2.24, 2.45) is 0 Å². The van der Waals surface area contributed by atoms with Gasteiger partial charge in [0.15, 0.2) is 0 Å². The van der Waals surface area contributed by atoms with E-state index in [4.69, 9.17) is 8.83 Å². The third-order valence-corrected chi connectivity index (χ3v) is 17.7. The second kappa shape index (κ2) is 22.8. The highest BCUT2D eigenvalue weighted by molar-refractivity contribution is 9.10. The number of furan rings is 2. The van der Waals surface area contributed by atoms with Gasteiger partial charge in [0.25, 0.3) is 0 Å². The maximum Gasteiger partial charge on any atom is 0.489 e. The zero-order valence-electron chi connectivity index (χ0n) is 48.4. The van der Waals surface area contributed by atoms with Gasteiger partial charge in [-0.1, -0.05) is 266 Å². The predicted octanol–water partition coefficient (Wildman–Crippen LogP) is 22.6. The lowest BCUT2D eigenvalue weighted by Crippen LogP contribution is -2.31. The van der Waals surface area contributed by atoms with Crippen LogP contribution in [0.5, 0.6) is 0 Å². The number of rotatable bonds is 4. The van der Waals surface area contributed by atoms with Crippen molar-refractivity contribution in [1.29, 1.82) is 0 Å². The van der Waals surface area contributed by atoms with Crippen LogP contribution in [0.2, 0.25) is 0 Å². The summed E-state index contributed by atoms with van der Waals surface area (Å²) in [5.41, 5.74) is 11.6. The van der Waals surface area contributed by atoms with Gasteiger partial charge >= 0.3 is 7.12 Å². The van der Waals surface area contributed by atoms with Crippen LogP contribution in [0.3, 0.4) is 0 Å². The molecule has 0 aliphatic rings. The van der Waals surface area contributed by atoms with Gasteiger partial charge in [0.1, 0.15) is 22.3 Å². The zero-order valence-corrected chi connectivity index (χ0v) is 50.0. The summed E-state index contributed by atoms with van der Waals surface area (Å²) >= 11 is 3.51. The number of halogens is 1. The molecule has 6 heteroatoms. The molecular formula is C82H56BBrO4. The Morgan fingerprint density at radius 3 is 0.989 bits per heavy atom.